The third-order valence-corrected chi connectivity index (χ3v) is 6.33. The van der Waals surface area contributed by atoms with E-state index in [9.17, 15) is 4.79 Å². The summed E-state index contributed by atoms with van der Waals surface area (Å²) < 4.78 is 0. The summed E-state index contributed by atoms with van der Waals surface area (Å²) in [6.07, 6.45) is 6.55. The van der Waals surface area contributed by atoms with Gasteiger partial charge in [0.25, 0.3) is 0 Å². The Bertz CT molecular complexity index is 742. The minimum Gasteiger partial charge on any atom is -0.369 e. The Kier molecular flexibility index (Phi) is 5.54. The van der Waals surface area contributed by atoms with Gasteiger partial charge in [0, 0.05) is 42.8 Å². The van der Waals surface area contributed by atoms with Gasteiger partial charge in [0.15, 0.2) is 5.78 Å². The maximum absolute atomic E-state index is 11.5. The predicted octanol–water partition coefficient (Wildman–Crippen LogP) is 3.87. The van der Waals surface area contributed by atoms with E-state index in [0.29, 0.717) is 0 Å². The van der Waals surface area contributed by atoms with E-state index in [4.69, 9.17) is 0 Å². The summed E-state index contributed by atoms with van der Waals surface area (Å²) in [7, 11) is 0. The lowest BCUT2D eigenvalue weighted by Crippen LogP contribution is -2.35. The zero-order valence-electron chi connectivity index (χ0n) is 14.8. The summed E-state index contributed by atoms with van der Waals surface area (Å²) >= 11 is 1.55. The lowest BCUT2D eigenvalue weighted by molar-refractivity contribution is 0.102. The predicted molar refractivity (Wildman–Crippen MR) is 104 cm³/mol. The van der Waals surface area contributed by atoms with Gasteiger partial charge in [-0.2, -0.15) is 0 Å². The fourth-order valence-corrected chi connectivity index (χ4v) is 4.70. The molecule has 132 valence electrons. The Labute approximate surface area is 154 Å². The monoisotopic (exact) mass is 355 g/mol. The van der Waals surface area contributed by atoms with Crippen molar-refractivity contribution >= 4 is 22.8 Å². The molecule has 25 heavy (non-hydrogen) atoms. The highest BCUT2D eigenvalue weighted by atomic mass is 32.1. The van der Waals surface area contributed by atoms with E-state index in [2.05, 4.69) is 20.9 Å². The van der Waals surface area contributed by atoms with Gasteiger partial charge in [-0.3, -0.25) is 9.78 Å². The van der Waals surface area contributed by atoms with Crippen LogP contribution in [-0.4, -0.2) is 48.4 Å². The van der Waals surface area contributed by atoms with Gasteiger partial charge in [0.05, 0.1) is 16.8 Å². The number of Topliss-reactive ketones (excluding diaryl/α,β-unsaturated/α-hetero) is 1. The zero-order valence-corrected chi connectivity index (χ0v) is 15.6. The van der Waals surface area contributed by atoms with Crippen molar-refractivity contribution < 1.29 is 4.79 Å². The van der Waals surface area contributed by atoms with Crippen molar-refractivity contribution in [3.63, 3.8) is 0 Å². The maximum atomic E-state index is 11.5. The van der Waals surface area contributed by atoms with Crippen molar-refractivity contribution in [3.8, 4) is 10.4 Å². The summed E-state index contributed by atoms with van der Waals surface area (Å²) in [6, 6.07) is 6.17. The van der Waals surface area contributed by atoms with E-state index in [0.717, 1.165) is 40.9 Å². The molecule has 2 atom stereocenters. The average molecular weight is 356 g/mol. The lowest BCUT2D eigenvalue weighted by atomic mass is 9.98. The minimum atomic E-state index is 0. The normalized spacial score (nSPS) is 22.8. The highest BCUT2D eigenvalue weighted by Crippen LogP contribution is 2.31. The van der Waals surface area contributed by atoms with Gasteiger partial charge in [-0.25, -0.2) is 0 Å². The quantitative estimate of drug-likeness (QED) is 0.783. The summed E-state index contributed by atoms with van der Waals surface area (Å²) in [5, 5.41) is 0. The maximum Gasteiger partial charge on any atom is 0.169 e. The molecule has 2 unspecified atom stereocenters. The Morgan fingerprint density at radius 3 is 2.88 bits per heavy atom. The van der Waals surface area contributed by atoms with Crippen LogP contribution in [0.4, 0.5) is 5.69 Å². The van der Waals surface area contributed by atoms with Gasteiger partial charge in [-0.1, -0.05) is 7.43 Å². The fourth-order valence-electron chi connectivity index (χ4n) is 3.82. The van der Waals surface area contributed by atoms with Gasteiger partial charge in [-0.15, -0.1) is 11.3 Å². The van der Waals surface area contributed by atoms with E-state index in [1.54, 1.807) is 18.3 Å². The number of fused-ring (bicyclic) bond motifs is 2. The molecule has 0 amide bonds. The number of thiophene rings is 1. The molecule has 2 aromatic rings. The number of pyridine rings is 1. The average Bonchev–Trinajstić information content (AvgIpc) is 3.04. The smallest absolute Gasteiger partial charge is 0.169 e. The largest absolute Gasteiger partial charge is 0.369 e. The second kappa shape index (κ2) is 7.67. The molecule has 2 fully saturated rings. The number of carbonyl (C=O) groups is 1. The number of hydrogen-bond acceptors (Lipinski definition) is 5. The van der Waals surface area contributed by atoms with E-state index < -0.39 is 0 Å². The van der Waals surface area contributed by atoms with E-state index in [-0.39, 0.29) is 13.2 Å². The highest BCUT2D eigenvalue weighted by molar-refractivity contribution is 7.17. The molecule has 2 saturated heterocycles. The van der Waals surface area contributed by atoms with Crippen LogP contribution >= 0.6 is 11.3 Å². The van der Waals surface area contributed by atoms with Crippen molar-refractivity contribution in [2.75, 3.05) is 37.6 Å². The van der Waals surface area contributed by atoms with Crippen LogP contribution in [0, 0.1) is 13.3 Å². The van der Waals surface area contributed by atoms with Gasteiger partial charge >= 0.3 is 0 Å². The molecule has 2 aliphatic rings. The Morgan fingerprint density at radius 2 is 2.08 bits per heavy atom. The van der Waals surface area contributed by atoms with E-state index >= 15 is 0 Å². The molecule has 4 nitrogen and oxygen atoms in total. The minimum absolute atomic E-state index is 0. The first-order chi connectivity index (χ1) is 11.7. The summed E-state index contributed by atoms with van der Waals surface area (Å²) in [6.45, 7) is 7.47. The number of carbonyl (C=O) groups excluding carboxylic acids is 1. The topological polar surface area (TPSA) is 36.4 Å². The van der Waals surface area contributed by atoms with E-state index in [1.165, 1.54) is 31.6 Å². The van der Waals surface area contributed by atoms with Crippen LogP contribution in [-0.2, 0) is 0 Å². The Balaban J connectivity index is 0.00000182. The molecule has 2 aliphatic heterocycles. The molecule has 0 N–H and O–H groups in total. The SMILES string of the molecule is CC(=O)c1ccc(-c2cncc(N3CCN4CCCC(C4)C3)c2)s1.[CH2]. The first kappa shape index (κ1) is 18.1. The lowest BCUT2D eigenvalue weighted by Gasteiger charge is -2.29. The van der Waals surface area contributed by atoms with Crippen LogP contribution in [0.5, 0.6) is 0 Å². The van der Waals surface area contributed by atoms with Crippen LogP contribution in [0.25, 0.3) is 10.4 Å². The number of rotatable bonds is 3. The van der Waals surface area contributed by atoms with Gasteiger partial charge < -0.3 is 9.80 Å². The van der Waals surface area contributed by atoms with E-state index in [1.807, 2.05) is 24.5 Å². The van der Waals surface area contributed by atoms with Crippen molar-refractivity contribution in [1.29, 1.82) is 0 Å². The van der Waals surface area contributed by atoms with Gasteiger partial charge in [-0.05, 0) is 50.4 Å². The molecular formula is C20H25N3OS. The number of anilines is 1. The molecular weight excluding hydrogens is 330 g/mol. The molecule has 4 rings (SSSR count). The van der Waals surface area contributed by atoms with Crippen LogP contribution < -0.4 is 4.90 Å². The fraction of sp³-hybridized carbons (Fsp3) is 0.450. The van der Waals surface area contributed by atoms with Crippen LogP contribution in [0.2, 0.25) is 0 Å². The van der Waals surface area contributed by atoms with Crippen LogP contribution in [0.3, 0.4) is 0 Å². The molecule has 0 saturated carbocycles. The number of piperidine rings is 1. The van der Waals surface area contributed by atoms with Gasteiger partial charge in [0.2, 0.25) is 0 Å². The van der Waals surface area contributed by atoms with Gasteiger partial charge in [0.1, 0.15) is 0 Å². The third kappa shape index (κ3) is 3.93. The van der Waals surface area contributed by atoms with Crippen molar-refractivity contribution in [1.82, 2.24) is 9.88 Å². The second-order valence-corrected chi connectivity index (χ2v) is 7.99. The highest BCUT2D eigenvalue weighted by Gasteiger charge is 2.26. The molecule has 2 aromatic heterocycles. The molecule has 0 aliphatic carbocycles. The zero-order chi connectivity index (χ0) is 16.5. The van der Waals surface area contributed by atoms with Crippen molar-refractivity contribution in [2.45, 2.75) is 19.8 Å². The first-order valence-corrected chi connectivity index (χ1v) is 9.54. The summed E-state index contributed by atoms with van der Waals surface area (Å²) in [5.41, 5.74) is 2.32. The molecule has 0 aromatic carbocycles. The van der Waals surface area contributed by atoms with Crippen LogP contribution in [0.1, 0.15) is 29.4 Å². The summed E-state index contributed by atoms with van der Waals surface area (Å²) in [5.74, 6) is 0.903. The number of nitrogens with zero attached hydrogens (tertiary/aromatic N) is 3. The molecule has 5 heteroatoms. The molecule has 2 bridgehead atoms. The molecule has 2 radical (unpaired) electrons. The van der Waals surface area contributed by atoms with Crippen LogP contribution in [0.15, 0.2) is 30.6 Å². The Hall–Kier alpha value is -1.72. The molecule has 4 heterocycles. The number of aromatic nitrogens is 1. The standard InChI is InChI=1S/C19H23N3OS.CH2/c1-14(23)18-4-5-19(24-18)16-9-17(11-20-10-16)22-8-7-21-6-2-3-15(12-21)13-22;/h4-5,9-11,15H,2-3,6-8,12-13H2,1H3;1H2. The Morgan fingerprint density at radius 1 is 1.20 bits per heavy atom. The first-order valence-electron chi connectivity index (χ1n) is 8.72. The third-order valence-electron chi connectivity index (χ3n) is 5.09. The number of hydrogen-bond donors (Lipinski definition) is 0. The number of ketones is 1. The molecule has 0 spiro atoms. The summed E-state index contributed by atoms with van der Waals surface area (Å²) in [4.78, 5) is 23.0. The van der Waals surface area contributed by atoms with Crippen molar-refractivity contribution in [3.05, 3.63) is 42.9 Å². The van der Waals surface area contributed by atoms with Crippen molar-refractivity contribution in [2.24, 2.45) is 5.92 Å². The second-order valence-electron chi connectivity index (χ2n) is 6.91.